The molecule has 0 aliphatic carbocycles. The van der Waals surface area contributed by atoms with Gasteiger partial charge in [-0.25, -0.2) is 4.79 Å². The first-order chi connectivity index (χ1) is 8.56. The van der Waals surface area contributed by atoms with E-state index < -0.39 is 5.97 Å². The Hall–Kier alpha value is -1.71. The van der Waals surface area contributed by atoms with Crippen LogP contribution in [0, 0.1) is 0 Å². The number of hydrogen-bond donors (Lipinski definition) is 1. The van der Waals surface area contributed by atoms with Gasteiger partial charge >= 0.3 is 5.97 Å². The maximum absolute atomic E-state index is 11.8. The number of hydrogen-bond acceptors (Lipinski definition) is 3. The lowest BCUT2D eigenvalue weighted by Crippen LogP contribution is -2.08. The lowest BCUT2D eigenvalue weighted by molar-refractivity contribution is 0.0735. The normalized spacial score (nSPS) is 10.1. The van der Waals surface area contributed by atoms with E-state index >= 15 is 0 Å². The van der Waals surface area contributed by atoms with Crippen molar-refractivity contribution in [3.8, 4) is 5.75 Å². The third-order valence-corrected chi connectivity index (χ3v) is 2.77. The van der Waals surface area contributed by atoms with E-state index in [2.05, 4.69) is 0 Å². The average molecular weight is 282 g/mol. The first kappa shape index (κ1) is 12.7. The van der Waals surface area contributed by atoms with Crippen molar-refractivity contribution in [1.82, 2.24) is 0 Å². The summed E-state index contributed by atoms with van der Waals surface area (Å²) in [4.78, 5) is 11.8. The van der Waals surface area contributed by atoms with Gasteiger partial charge in [-0.15, -0.1) is 0 Å². The number of anilines is 1. The van der Waals surface area contributed by atoms with E-state index in [0.717, 1.165) is 0 Å². The van der Waals surface area contributed by atoms with Crippen molar-refractivity contribution in [1.29, 1.82) is 0 Å². The molecule has 0 atom stereocenters. The molecule has 2 N–H and O–H groups in total. The number of carbonyl (C=O) groups is 1. The molecular formula is C13H9Cl2NO2. The van der Waals surface area contributed by atoms with E-state index in [4.69, 9.17) is 33.7 Å². The molecular weight excluding hydrogens is 273 g/mol. The first-order valence-corrected chi connectivity index (χ1v) is 5.84. The van der Waals surface area contributed by atoms with E-state index in [9.17, 15) is 4.79 Å². The van der Waals surface area contributed by atoms with E-state index in [0.29, 0.717) is 16.3 Å². The van der Waals surface area contributed by atoms with Gasteiger partial charge in [-0.2, -0.15) is 0 Å². The van der Waals surface area contributed by atoms with Gasteiger partial charge in [0.1, 0.15) is 5.75 Å². The smallest absolute Gasteiger partial charge is 0.343 e. The zero-order valence-corrected chi connectivity index (χ0v) is 10.7. The van der Waals surface area contributed by atoms with Gasteiger partial charge in [0.2, 0.25) is 0 Å². The molecule has 0 saturated heterocycles. The Balaban J connectivity index is 2.18. The Labute approximate surface area is 114 Å². The minimum absolute atomic E-state index is 0.267. The van der Waals surface area contributed by atoms with Gasteiger partial charge in [-0.05, 0) is 42.5 Å². The summed E-state index contributed by atoms with van der Waals surface area (Å²) in [5.74, 6) is -0.234. The lowest BCUT2D eigenvalue weighted by atomic mass is 10.2. The van der Waals surface area contributed by atoms with Crippen molar-refractivity contribution < 1.29 is 9.53 Å². The highest BCUT2D eigenvalue weighted by Gasteiger charge is 2.11. The number of halogens is 2. The summed E-state index contributed by atoms with van der Waals surface area (Å²) in [5, 5.41) is 0.763. The van der Waals surface area contributed by atoms with E-state index in [1.54, 1.807) is 36.4 Å². The van der Waals surface area contributed by atoms with Crippen LogP contribution in [0.1, 0.15) is 10.4 Å². The van der Waals surface area contributed by atoms with Gasteiger partial charge in [-0.3, -0.25) is 0 Å². The minimum atomic E-state index is -0.501. The first-order valence-electron chi connectivity index (χ1n) is 5.09. The second-order valence-corrected chi connectivity index (χ2v) is 4.43. The average Bonchev–Trinajstić information content (AvgIpc) is 2.33. The van der Waals surface area contributed by atoms with Crippen LogP contribution in [0.25, 0.3) is 0 Å². The molecule has 3 nitrogen and oxygen atoms in total. The second kappa shape index (κ2) is 5.29. The Bertz CT molecular complexity index is 582. The maximum Gasteiger partial charge on any atom is 0.343 e. The topological polar surface area (TPSA) is 52.3 Å². The Morgan fingerprint density at radius 3 is 2.33 bits per heavy atom. The van der Waals surface area contributed by atoms with E-state index in [1.165, 1.54) is 6.07 Å². The molecule has 0 saturated carbocycles. The molecule has 2 rings (SSSR count). The van der Waals surface area contributed by atoms with Gasteiger partial charge in [0, 0.05) is 10.7 Å². The number of esters is 1. The zero-order valence-electron chi connectivity index (χ0n) is 9.19. The summed E-state index contributed by atoms with van der Waals surface area (Å²) in [6.45, 7) is 0. The van der Waals surface area contributed by atoms with Crippen LogP contribution in [0.3, 0.4) is 0 Å². The highest BCUT2D eigenvalue weighted by atomic mass is 35.5. The fourth-order valence-corrected chi connectivity index (χ4v) is 1.78. The van der Waals surface area contributed by atoms with Crippen molar-refractivity contribution in [3.63, 3.8) is 0 Å². The van der Waals surface area contributed by atoms with Gasteiger partial charge in [-0.1, -0.05) is 23.2 Å². The number of rotatable bonds is 2. The fourth-order valence-electron chi connectivity index (χ4n) is 1.34. The molecule has 0 spiro atoms. The molecule has 0 amide bonds. The molecule has 2 aromatic carbocycles. The molecule has 0 aliphatic rings. The standard InChI is InChI=1S/C13H9Cl2NO2/c14-9-3-6-12(11(15)7-9)18-13(17)8-1-4-10(16)5-2-8/h1-7H,16H2. The Kier molecular flexibility index (Phi) is 3.75. The molecule has 0 bridgehead atoms. The summed E-state index contributed by atoms with van der Waals surface area (Å²) >= 11 is 11.7. The van der Waals surface area contributed by atoms with Crippen LogP contribution in [-0.4, -0.2) is 5.97 Å². The number of ether oxygens (including phenoxy) is 1. The predicted molar refractivity (Wildman–Crippen MR) is 72.3 cm³/mol. The van der Waals surface area contributed by atoms with Crippen molar-refractivity contribution in [2.75, 3.05) is 5.73 Å². The van der Waals surface area contributed by atoms with Gasteiger partial charge in [0.05, 0.1) is 10.6 Å². The number of benzene rings is 2. The van der Waals surface area contributed by atoms with Crippen molar-refractivity contribution in [2.24, 2.45) is 0 Å². The van der Waals surface area contributed by atoms with Gasteiger partial charge in [0.15, 0.2) is 0 Å². The van der Waals surface area contributed by atoms with Crippen molar-refractivity contribution in [2.45, 2.75) is 0 Å². The zero-order chi connectivity index (χ0) is 13.1. The van der Waals surface area contributed by atoms with E-state index in [1.807, 2.05) is 0 Å². The summed E-state index contributed by atoms with van der Waals surface area (Å²) < 4.78 is 5.16. The SMILES string of the molecule is Nc1ccc(C(=O)Oc2ccc(Cl)cc2Cl)cc1. The third-order valence-electron chi connectivity index (χ3n) is 2.24. The molecule has 2 aromatic rings. The van der Waals surface area contributed by atoms with E-state index in [-0.39, 0.29) is 10.8 Å². The predicted octanol–water partition coefficient (Wildman–Crippen LogP) is 3.79. The molecule has 0 heterocycles. The summed E-state index contributed by atoms with van der Waals surface area (Å²) in [6, 6.07) is 11.1. The number of nitrogen functional groups attached to an aromatic ring is 1. The minimum Gasteiger partial charge on any atom is -0.421 e. The third kappa shape index (κ3) is 2.94. The highest BCUT2D eigenvalue weighted by Crippen LogP contribution is 2.28. The van der Waals surface area contributed by atoms with Crippen molar-refractivity contribution >= 4 is 34.9 Å². The molecule has 0 fully saturated rings. The molecule has 5 heteroatoms. The van der Waals surface area contributed by atoms with Crippen LogP contribution in [0.4, 0.5) is 5.69 Å². The number of nitrogens with two attached hydrogens (primary N) is 1. The second-order valence-electron chi connectivity index (χ2n) is 3.59. The fraction of sp³-hybridized carbons (Fsp3) is 0. The molecule has 0 unspecified atom stereocenters. The molecule has 0 aromatic heterocycles. The van der Waals surface area contributed by atoms with Gasteiger partial charge < -0.3 is 10.5 Å². The van der Waals surface area contributed by atoms with Crippen LogP contribution in [-0.2, 0) is 0 Å². The summed E-state index contributed by atoms with van der Waals surface area (Å²) in [7, 11) is 0. The lowest BCUT2D eigenvalue weighted by Gasteiger charge is -2.06. The van der Waals surface area contributed by atoms with Crippen LogP contribution in [0.15, 0.2) is 42.5 Å². The Morgan fingerprint density at radius 2 is 1.72 bits per heavy atom. The molecule has 0 radical (unpaired) electrons. The molecule has 18 heavy (non-hydrogen) atoms. The van der Waals surface area contributed by atoms with Crippen LogP contribution >= 0.6 is 23.2 Å². The molecule has 92 valence electrons. The Morgan fingerprint density at radius 1 is 1.06 bits per heavy atom. The monoisotopic (exact) mass is 281 g/mol. The van der Waals surface area contributed by atoms with Crippen LogP contribution in [0.2, 0.25) is 10.0 Å². The molecule has 0 aliphatic heterocycles. The van der Waals surface area contributed by atoms with Crippen LogP contribution < -0.4 is 10.5 Å². The quantitative estimate of drug-likeness (QED) is 0.518. The van der Waals surface area contributed by atoms with Gasteiger partial charge in [0.25, 0.3) is 0 Å². The summed E-state index contributed by atoms with van der Waals surface area (Å²) in [5.41, 5.74) is 6.51. The number of carbonyl (C=O) groups excluding carboxylic acids is 1. The maximum atomic E-state index is 11.8. The van der Waals surface area contributed by atoms with Crippen LogP contribution in [0.5, 0.6) is 5.75 Å². The largest absolute Gasteiger partial charge is 0.421 e. The van der Waals surface area contributed by atoms with Crippen molar-refractivity contribution in [3.05, 3.63) is 58.1 Å². The highest BCUT2D eigenvalue weighted by molar-refractivity contribution is 6.35. The summed E-state index contributed by atoms with van der Waals surface area (Å²) in [6.07, 6.45) is 0.